The number of amides is 1. The average Bonchev–Trinajstić information content (AvgIpc) is 3.37. The Bertz CT molecular complexity index is 1220. The lowest BCUT2D eigenvalue weighted by Gasteiger charge is -2.16. The van der Waals surface area contributed by atoms with Gasteiger partial charge in [-0.05, 0) is 36.1 Å². The van der Waals surface area contributed by atoms with Crippen LogP contribution in [-0.2, 0) is 17.1 Å². The maximum absolute atomic E-state index is 12.9. The summed E-state index contributed by atoms with van der Waals surface area (Å²) in [4.78, 5) is 24.5. The third-order valence-electron chi connectivity index (χ3n) is 4.51. The quantitative estimate of drug-likeness (QED) is 0.157. The molecule has 0 bridgehead atoms. The van der Waals surface area contributed by atoms with Gasteiger partial charge in [-0.1, -0.05) is 30.3 Å². The van der Waals surface area contributed by atoms with Gasteiger partial charge in [-0.15, -0.1) is 23.1 Å². The van der Waals surface area contributed by atoms with E-state index in [1.807, 2.05) is 42.6 Å². The molecule has 0 aliphatic carbocycles. The van der Waals surface area contributed by atoms with E-state index in [0.29, 0.717) is 40.9 Å². The zero-order chi connectivity index (χ0) is 24.3. The van der Waals surface area contributed by atoms with Gasteiger partial charge in [0.25, 0.3) is 11.6 Å². The van der Waals surface area contributed by atoms with E-state index in [1.165, 1.54) is 35.2 Å². The maximum atomic E-state index is 12.9. The largest absolute Gasteiger partial charge is 0.492 e. The fourth-order valence-corrected chi connectivity index (χ4v) is 4.53. The molecular weight excluding hydrogens is 472 g/mol. The Morgan fingerprint density at radius 2 is 2.03 bits per heavy atom. The Balaban J connectivity index is 1.89. The zero-order valence-electron chi connectivity index (χ0n) is 18.3. The molecule has 1 heterocycles. The number of nitriles is 1. The molecule has 2 N–H and O–H groups in total. The summed E-state index contributed by atoms with van der Waals surface area (Å²) in [7, 11) is 0. The van der Waals surface area contributed by atoms with Crippen molar-refractivity contribution in [1.29, 1.82) is 5.26 Å². The van der Waals surface area contributed by atoms with Crippen LogP contribution >= 0.6 is 23.1 Å². The highest BCUT2D eigenvalue weighted by molar-refractivity contribution is 8.02. The summed E-state index contributed by atoms with van der Waals surface area (Å²) in [6.45, 7) is 2.62. The highest BCUT2D eigenvalue weighted by Gasteiger charge is 2.18. The smallest absolute Gasteiger partial charge is 0.269 e. The number of nitrogens with zero attached hydrogens (tertiary/aromatic N) is 2. The van der Waals surface area contributed by atoms with Gasteiger partial charge in [-0.25, -0.2) is 0 Å². The highest BCUT2D eigenvalue weighted by Crippen LogP contribution is 2.32. The van der Waals surface area contributed by atoms with E-state index >= 15 is 0 Å². The maximum Gasteiger partial charge on any atom is 0.269 e. The van der Waals surface area contributed by atoms with Gasteiger partial charge in [0.15, 0.2) is 0 Å². The fraction of sp³-hybridized carbons (Fsp3) is 0.167. The molecule has 0 aliphatic rings. The first-order valence-electron chi connectivity index (χ1n) is 10.3. The molecule has 174 valence electrons. The summed E-state index contributed by atoms with van der Waals surface area (Å²) < 4.78 is 5.66. The van der Waals surface area contributed by atoms with Crippen LogP contribution < -0.4 is 15.4 Å². The molecule has 0 radical (unpaired) electrons. The van der Waals surface area contributed by atoms with Crippen LogP contribution in [0.2, 0.25) is 0 Å². The number of thiophene rings is 1. The lowest BCUT2D eigenvalue weighted by Crippen LogP contribution is -2.25. The Kier molecular flexibility index (Phi) is 9.08. The minimum absolute atomic E-state index is 0.0209. The van der Waals surface area contributed by atoms with Crippen LogP contribution in [0.25, 0.3) is 0 Å². The number of hydrogen-bond acceptors (Lipinski definition) is 8. The normalized spacial score (nSPS) is 11.2. The van der Waals surface area contributed by atoms with Gasteiger partial charge in [-0.2, -0.15) is 5.26 Å². The number of anilines is 1. The monoisotopic (exact) mass is 494 g/mol. The van der Waals surface area contributed by atoms with Gasteiger partial charge in [0.2, 0.25) is 0 Å². The van der Waals surface area contributed by atoms with Crippen molar-refractivity contribution < 1.29 is 14.5 Å². The van der Waals surface area contributed by atoms with Gasteiger partial charge >= 0.3 is 0 Å². The molecule has 3 rings (SSSR count). The van der Waals surface area contributed by atoms with Gasteiger partial charge in [-0.3, -0.25) is 14.9 Å². The lowest BCUT2D eigenvalue weighted by atomic mass is 10.2. The topological polar surface area (TPSA) is 117 Å². The molecule has 0 spiro atoms. The molecule has 0 aliphatic heterocycles. The number of para-hydroxylation sites is 2. The minimum Gasteiger partial charge on any atom is -0.492 e. The minimum atomic E-state index is -0.515. The van der Waals surface area contributed by atoms with Crippen LogP contribution in [0.1, 0.15) is 17.4 Å². The van der Waals surface area contributed by atoms with Crippen molar-refractivity contribution in [2.45, 2.75) is 19.2 Å². The van der Waals surface area contributed by atoms with Gasteiger partial charge in [0.1, 0.15) is 17.4 Å². The van der Waals surface area contributed by atoms with E-state index in [1.54, 1.807) is 24.3 Å². The van der Waals surface area contributed by atoms with Gasteiger partial charge in [0.05, 0.1) is 28.8 Å². The number of rotatable bonds is 11. The van der Waals surface area contributed by atoms with Crippen LogP contribution in [0.4, 0.5) is 11.4 Å². The summed E-state index contributed by atoms with van der Waals surface area (Å²) in [5.41, 5.74) is 1.18. The third kappa shape index (κ3) is 6.84. The first-order chi connectivity index (χ1) is 16.5. The number of carbonyl (C=O) groups is 1. The molecule has 34 heavy (non-hydrogen) atoms. The van der Waals surface area contributed by atoms with Crippen molar-refractivity contribution in [3.05, 3.63) is 97.2 Å². The van der Waals surface area contributed by atoms with Gasteiger partial charge in [0, 0.05) is 22.8 Å². The van der Waals surface area contributed by atoms with Crippen LogP contribution in [0.3, 0.4) is 0 Å². The van der Waals surface area contributed by atoms with Crippen molar-refractivity contribution in [2.75, 3.05) is 11.9 Å². The molecule has 0 saturated carbocycles. The number of thioether (sulfide) groups is 1. The SMILES string of the molecule is CCOc1ccccc1N/C(SCc1cccc([N+](=O)[O-])c1)=C(/C#N)C(=O)NCc1cccs1. The number of hydrogen-bond donors (Lipinski definition) is 2. The number of nitro benzene ring substituents is 1. The molecule has 0 saturated heterocycles. The summed E-state index contributed by atoms with van der Waals surface area (Å²) in [5, 5.41) is 29.1. The molecule has 0 atom stereocenters. The van der Waals surface area contributed by atoms with E-state index in [2.05, 4.69) is 10.6 Å². The number of ether oxygens (including phenoxy) is 1. The summed E-state index contributed by atoms with van der Waals surface area (Å²) in [5.74, 6) is 0.373. The molecule has 1 aromatic heterocycles. The van der Waals surface area contributed by atoms with Crippen molar-refractivity contribution in [3.63, 3.8) is 0 Å². The lowest BCUT2D eigenvalue weighted by molar-refractivity contribution is -0.384. The van der Waals surface area contributed by atoms with E-state index < -0.39 is 10.8 Å². The standard InChI is InChI=1S/C24H22N4O4S2/c1-2-32-22-11-4-3-10-21(22)27-24(34-16-17-7-5-8-18(13-17)28(30)31)20(14-25)23(29)26-15-19-9-6-12-33-19/h3-13,27H,2,15-16H2,1H3,(H,26,29)/b24-20+. The van der Waals surface area contributed by atoms with E-state index in [4.69, 9.17) is 4.74 Å². The molecule has 1 amide bonds. The first kappa shape index (κ1) is 24.8. The summed E-state index contributed by atoms with van der Waals surface area (Å²) in [6.07, 6.45) is 0. The summed E-state index contributed by atoms with van der Waals surface area (Å²) >= 11 is 2.72. The molecular formula is C24H22N4O4S2. The molecule has 3 aromatic rings. The molecule has 0 fully saturated rings. The average molecular weight is 495 g/mol. The van der Waals surface area contributed by atoms with Crippen LogP contribution in [0.15, 0.2) is 76.6 Å². The Labute approximate surface area is 205 Å². The first-order valence-corrected chi connectivity index (χ1v) is 12.2. The number of carbonyl (C=O) groups excluding carboxylic acids is 1. The highest BCUT2D eigenvalue weighted by atomic mass is 32.2. The molecule has 8 nitrogen and oxygen atoms in total. The Morgan fingerprint density at radius 3 is 2.74 bits per heavy atom. The Morgan fingerprint density at radius 1 is 1.21 bits per heavy atom. The second kappa shape index (κ2) is 12.4. The van der Waals surface area contributed by atoms with Crippen LogP contribution in [0.5, 0.6) is 5.75 Å². The van der Waals surface area contributed by atoms with Crippen molar-refractivity contribution >= 4 is 40.4 Å². The third-order valence-corrected chi connectivity index (χ3v) is 6.46. The molecule has 2 aromatic carbocycles. The second-order valence-corrected chi connectivity index (χ2v) is 8.87. The number of nitrogens with one attached hydrogen (secondary N) is 2. The zero-order valence-corrected chi connectivity index (χ0v) is 19.9. The molecule has 0 unspecified atom stereocenters. The number of benzene rings is 2. The van der Waals surface area contributed by atoms with E-state index in [0.717, 1.165) is 4.88 Å². The number of non-ortho nitro benzene ring substituents is 1. The van der Waals surface area contributed by atoms with E-state index in [9.17, 15) is 20.2 Å². The Hall–Kier alpha value is -3.81. The van der Waals surface area contributed by atoms with Crippen molar-refractivity contribution in [1.82, 2.24) is 5.32 Å². The van der Waals surface area contributed by atoms with Crippen LogP contribution in [-0.4, -0.2) is 17.4 Å². The van der Waals surface area contributed by atoms with Gasteiger partial charge < -0.3 is 15.4 Å². The predicted octanol–water partition coefficient (Wildman–Crippen LogP) is 5.45. The summed E-state index contributed by atoms with van der Waals surface area (Å²) in [6, 6.07) is 19.3. The van der Waals surface area contributed by atoms with Crippen molar-refractivity contribution in [3.8, 4) is 11.8 Å². The molecule has 10 heteroatoms. The number of nitro groups is 1. The van der Waals surface area contributed by atoms with E-state index in [-0.39, 0.29) is 11.3 Å². The predicted molar refractivity (Wildman–Crippen MR) is 134 cm³/mol. The fourth-order valence-electron chi connectivity index (χ4n) is 2.93. The second-order valence-electron chi connectivity index (χ2n) is 6.85. The van der Waals surface area contributed by atoms with Crippen molar-refractivity contribution in [2.24, 2.45) is 0 Å². The van der Waals surface area contributed by atoms with Crippen LogP contribution in [0, 0.1) is 21.4 Å².